The zero-order chi connectivity index (χ0) is 13.4. The first-order chi connectivity index (χ1) is 8.41. The van der Waals surface area contributed by atoms with Crippen LogP contribution in [0.5, 0.6) is 0 Å². The molecule has 18 heavy (non-hydrogen) atoms. The molecule has 2 aromatic rings. The van der Waals surface area contributed by atoms with Crippen LogP contribution in [0.3, 0.4) is 0 Å². The fraction of sp³-hybridized carbons (Fsp3) is 0.500. The third-order valence-electron chi connectivity index (χ3n) is 3.34. The highest BCUT2D eigenvalue weighted by molar-refractivity contribution is 9.09. The summed E-state index contributed by atoms with van der Waals surface area (Å²) >= 11 is 3.73. The number of benzene rings is 1. The highest BCUT2D eigenvalue weighted by Crippen LogP contribution is 2.31. The number of alkyl halides is 1. The second-order valence-corrected chi connectivity index (χ2v) is 6.35. The summed E-state index contributed by atoms with van der Waals surface area (Å²) in [6.07, 6.45) is 1.09. The van der Waals surface area contributed by atoms with Crippen molar-refractivity contribution in [1.29, 1.82) is 0 Å². The minimum atomic E-state index is 0.0251. The van der Waals surface area contributed by atoms with Gasteiger partial charge in [0.15, 0.2) is 0 Å². The van der Waals surface area contributed by atoms with Gasteiger partial charge in [-0.3, -0.25) is 9.13 Å². The Labute approximate surface area is 116 Å². The van der Waals surface area contributed by atoms with E-state index < -0.39 is 0 Å². The Morgan fingerprint density at radius 1 is 1.17 bits per heavy atom. The van der Waals surface area contributed by atoms with Gasteiger partial charge in [-0.05, 0) is 30.0 Å². The minimum absolute atomic E-state index is 0.0251. The predicted molar refractivity (Wildman–Crippen MR) is 79.3 cm³/mol. The van der Waals surface area contributed by atoms with Crippen molar-refractivity contribution in [3.05, 3.63) is 34.2 Å². The summed E-state index contributed by atoms with van der Waals surface area (Å²) in [5, 5.41) is 0. The number of aryl methyl sites for hydroxylation is 2. The average Bonchev–Trinajstić information content (AvgIpc) is 2.53. The lowest BCUT2D eigenvalue weighted by atomic mass is 10.0. The molecule has 1 unspecified atom stereocenters. The van der Waals surface area contributed by atoms with E-state index >= 15 is 0 Å². The van der Waals surface area contributed by atoms with Gasteiger partial charge in [-0.15, -0.1) is 0 Å². The largest absolute Gasteiger partial charge is 0.328 e. The Hall–Kier alpha value is -1.03. The molecule has 2 rings (SSSR count). The average molecular weight is 311 g/mol. The maximum absolute atomic E-state index is 11.9. The molecule has 0 fully saturated rings. The zero-order valence-electron chi connectivity index (χ0n) is 11.3. The van der Waals surface area contributed by atoms with Gasteiger partial charge in [0.25, 0.3) is 0 Å². The normalized spacial score (nSPS) is 13.4. The molecule has 1 aromatic heterocycles. The Morgan fingerprint density at radius 3 is 2.39 bits per heavy atom. The van der Waals surface area contributed by atoms with E-state index in [1.807, 2.05) is 20.2 Å². The fourth-order valence-corrected chi connectivity index (χ4v) is 3.30. The van der Waals surface area contributed by atoms with Gasteiger partial charge in [-0.25, -0.2) is 4.79 Å². The number of imidazole rings is 1. The molecule has 0 aliphatic rings. The number of hydrogen-bond acceptors (Lipinski definition) is 1. The number of hydrogen-bond donors (Lipinski definition) is 0. The number of aromatic nitrogens is 2. The van der Waals surface area contributed by atoms with E-state index in [0.29, 0.717) is 10.7 Å². The van der Waals surface area contributed by atoms with Crippen LogP contribution in [0.15, 0.2) is 23.0 Å². The molecule has 0 bridgehead atoms. The maximum atomic E-state index is 11.9. The van der Waals surface area contributed by atoms with E-state index in [4.69, 9.17) is 0 Å². The molecule has 0 radical (unpaired) electrons. The van der Waals surface area contributed by atoms with Gasteiger partial charge in [-0.1, -0.05) is 35.8 Å². The zero-order valence-corrected chi connectivity index (χ0v) is 12.9. The van der Waals surface area contributed by atoms with E-state index in [1.165, 1.54) is 5.56 Å². The van der Waals surface area contributed by atoms with Gasteiger partial charge in [0.1, 0.15) is 0 Å². The van der Waals surface area contributed by atoms with Crippen molar-refractivity contribution >= 4 is 27.0 Å². The van der Waals surface area contributed by atoms with Gasteiger partial charge < -0.3 is 0 Å². The summed E-state index contributed by atoms with van der Waals surface area (Å²) in [5.74, 6) is 0.643. The van der Waals surface area contributed by atoms with E-state index in [1.54, 1.807) is 9.13 Å². The van der Waals surface area contributed by atoms with Crippen LogP contribution in [-0.4, -0.2) is 9.13 Å². The second-order valence-electron chi connectivity index (χ2n) is 5.25. The van der Waals surface area contributed by atoms with Crippen molar-refractivity contribution in [2.24, 2.45) is 20.0 Å². The molecule has 0 saturated carbocycles. The lowest BCUT2D eigenvalue weighted by molar-refractivity contribution is 0.584. The van der Waals surface area contributed by atoms with Gasteiger partial charge in [0.2, 0.25) is 0 Å². The first-order valence-electron chi connectivity index (χ1n) is 6.21. The first kappa shape index (κ1) is 13.4. The first-order valence-corrected chi connectivity index (χ1v) is 7.12. The summed E-state index contributed by atoms with van der Waals surface area (Å²) < 4.78 is 3.39. The summed E-state index contributed by atoms with van der Waals surface area (Å²) in [5.41, 5.74) is 3.23. The Bertz CT molecular complexity index is 624. The molecular weight excluding hydrogens is 292 g/mol. The van der Waals surface area contributed by atoms with Crippen LogP contribution in [0.2, 0.25) is 0 Å². The Balaban J connectivity index is 2.51. The van der Waals surface area contributed by atoms with Crippen molar-refractivity contribution in [3.8, 4) is 0 Å². The number of rotatable bonds is 3. The molecule has 3 nitrogen and oxygen atoms in total. The smallest absolute Gasteiger partial charge is 0.295 e. The Morgan fingerprint density at radius 2 is 1.78 bits per heavy atom. The Kier molecular flexibility index (Phi) is 3.66. The van der Waals surface area contributed by atoms with Gasteiger partial charge in [-0.2, -0.15) is 0 Å². The number of nitrogens with zero attached hydrogens (tertiary/aromatic N) is 2. The fourth-order valence-electron chi connectivity index (χ4n) is 2.27. The van der Waals surface area contributed by atoms with Crippen LogP contribution in [-0.2, 0) is 14.1 Å². The van der Waals surface area contributed by atoms with Gasteiger partial charge in [0, 0.05) is 18.9 Å². The van der Waals surface area contributed by atoms with Crippen LogP contribution in [0, 0.1) is 5.92 Å². The summed E-state index contributed by atoms with van der Waals surface area (Å²) in [6.45, 7) is 4.43. The van der Waals surface area contributed by atoms with E-state index in [2.05, 4.69) is 41.9 Å². The topological polar surface area (TPSA) is 26.9 Å². The van der Waals surface area contributed by atoms with Crippen LogP contribution < -0.4 is 5.69 Å². The van der Waals surface area contributed by atoms with Crippen LogP contribution in [0.4, 0.5) is 0 Å². The summed E-state index contributed by atoms with van der Waals surface area (Å²) in [4.78, 5) is 12.2. The quantitative estimate of drug-likeness (QED) is 0.799. The maximum Gasteiger partial charge on any atom is 0.328 e. The molecule has 0 aliphatic heterocycles. The van der Waals surface area contributed by atoms with Crippen LogP contribution in [0.1, 0.15) is 30.7 Å². The molecule has 0 aliphatic carbocycles. The molecule has 1 atom stereocenters. The van der Waals surface area contributed by atoms with Crippen LogP contribution in [0.25, 0.3) is 11.0 Å². The standard InChI is InChI=1S/C14H19BrN2O/c1-9(2)7-11(15)10-5-6-12-13(8-10)17(4)14(18)16(12)3/h5-6,8-9,11H,7H2,1-4H3. The van der Waals surface area contributed by atoms with E-state index in [9.17, 15) is 4.79 Å². The number of fused-ring (bicyclic) bond motifs is 1. The van der Waals surface area contributed by atoms with Crippen molar-refractivity contribution in [2.75, 3.05) is 0 Å². The summed E-state index contributed by atoms with van der Waals surface area (Å²) in [7, 11) is 3.63. The highest BCUT2D eigenvalue weighted by atomic mass is 79.9. The van der Waals surface area contributed by atoms with E-state index in [-0.39, 0.29) is 5.69 Å². The SMILES string of the molecule is CC(C)CC(Br)c1ccc2c(c1)n(C)c(=O)n2C. The van der Waals surface area contributed by atoms with Crippen molar-refractivity contribution in [3.63, 3.8) is 0 Å². The summed E-state index contributed by atoms with van der Waals surface area (Å²) in [6, 6.07) is 6.24. The molecule has 0 saturated heterocycles. The molecule has 0 amide bonds. The third kappa shape index (κ3) is 2.26. The van der Waals surface area contributed by atoms with Crippen molar-refractivity contribution < 1.29 is 0 Å². The molecule has 1 aromatic carbocycles. The van der Waals surface area contributed by atoms with Gasteiger partial charge >= 0.3 is 5.69 Å². The highest BCUT2D eigenvalue weighted by Gasteiger charge is 2.13. The minimum Gasteiger partial charge on any atom is -0.295 e. The predicted octanol–water partition coefficient (Wildman–Crippen LogP) is 3.36. The molecule has 1 heterocycles. The monoisotopic (exact) mass is 310 g/mol. The van der Waals surface area contributed by atoms with Crippen molar-refractivity contribution in [2.45, 2.75) is 25.1 Å². The molecule has 4 heteroatoms. The van der Waals surface area contributed by atoms with E-state index in [0.717, 1.165) is 17.5 Å². The lowest BCUT2D eigenvalue weighted by Crippen LogP contribution is -2.19. The number of halogens is 1. The van der Waals surface area contributed by atoms with Gasteiger partial charge in [0.05, 0.1) is 11.0 Å². The third-order valence-corrected chi connectivity index (χ3v) is 4.24. The molecule has 0 N–H and O–H groups in total. The molecule has 0 spiro atoms. The molecular formula is C14H19BrN2O. The van der Waals surface area contributed by atoms with Crippen molar-refractivity contribution in [1.82, 2.24) is 9.13 Å². The lowest BCUT2D eigenvalue weighted by Gasteiger charge is -2.13. The molecule has 98 valence electrons. The second kappa shape index (κ2) is 4.92. The van der Waals surface area contributed by atoms with Crippen LogP contribution >= 0.6 is 15.9 Å².